The lowest BCUT2D eigenvalue weighted by molar-refractivity contribution is -0.144. The first kappa shape index (κ1) is 22.4. The van der Waals surface area contributed by atoms with Crippen molar-refractivity contribution >= 4 is 18.0 Å². The van der Waals surface area contributed by atoms with Crippen LogP contribution in [0.5, 0.6) is 0 Å². The number of alkyl carbamates (subject to hydrolysis) is 1. The molecule has 178 valence electrons. The van der Waals surface area contributed by atoms with Gasteiger partial charge in [0.15, 0.2) is 0 Å². The number of aliphatic carboxylic acids is 1. The lowest BCUT2D eigenvalue weighted by Crippen LogP contribution is -2.50. The van der Waals surface area contributed by atoms with Crippen LogP contribution >= 0.6 is 0 Å². The number of nitrogens with one attached hydrogen (secondary N) is 1. The molecule has 5 rings (SSSR count). The standard InChI is InChI=1S/C27H30N2O5/c1-27(2)15-29(13-23(27)25(31)32)24(30)16-11-17(12-16)28-26(33)34-14-22-20-9-5-3-7-18(20)19-8-4-6-10-21(19)22/h3-10,16-17,22-23H,11-15H2,1-2H3,(H,28,33)(H,31,32). The molecule has 3 aliphatic rings. The molecular weight excluding hydrogens is 432 g/mol. The Labute approximate surface area is 199 Å². The molecule has 0 radical (unpaired) electrons. The smallest absolute Gasteiger partial charge is 0.407 e. The number of carboxylic acid groups (broad SMARTS) is 1. The molecule has 2 aromatic rings. The Morgan fingerprint density at radius 2 is 1.62 bits per heavy atom. The predicted octanol–water partition coefficient (Wildman–Crippen LogP) is 3.87. The topological polar surface area (TPSA) is 95.9 Å². The molecule has 2 aromatic carbocycles. The number of ether oxygens (including phenoxy) is 1. The quantitative estimate of drug-likeness (QED) is 0.703. The van der Waals surface area contributed by atoms with Crippen LogP contribution in [0.4, 0.5) is 4.79 Å². The Morgan fingerprint density at radius 1 is 1.03 bits per heavy atom. The van der Waals surface area contributed by atoms with Gasteiger partial charge in [-0.15, -0.1) is 0 Å². The average Bonchev–Trinajstić information content (AvgIpc) is 3.28. The molecule has 1 unspecified atom stereocenters. The summed E-state index contributed by atoms with van der Waals surface area (Å²) in [5, 5.41) is 12.3. The number of benzene rings is 2. The summed E-state index contributed by atoms with van der Waals surface area (Å²) in [7, 11) is 0. The molecule has 1 heterocycles. The fourth-order valence-corrected chi connectivity index (χ4v) is 5.72. The van der Waals surface area contributed by atoms with Crippen molar-refractivity contribution in [1.29, 1.82) is 0 Å². The number of amides is 2. The fraction of sp³-hybridized carbons (Fsp3) is 0.444. The molecule has 0 aromatic heterocycles. The second kappa shape index (κ2) is 8.46. The molecular formula is C27H30N2O5. The summed E-state index contributed by atoms with van der Waals surface area (Å²) in [6.07, 6.45) is 0.640. The van der Waals surface area contributed by atoms with E-state index in [2.05, 4.69) is 29.6 Å². The number of hydrogen-bond donors (Lipinski definition) is 2. The molecule has 2 aliphatic carbocycles. The second-order valence-corrected chi connectivity index (χ2v) is 10.4. The number of carboxylic acids is 1. The summed E-state index contributed by atoms with van der Waals surface area (Å²) in [4.78, 5) is 38.5. The first-order valence-electron chi connectivity index (χ1n) is 11.9. The molecule has 7 nitrogen and oxygen atoms in total. The van der Waals surface area contributed by atoms with E-state index in [-0.39, 0.29) is 36.9 Å². The largest absolute Gasteiger partial charge is 0.481 e. The van der Waals surface area contributed by atoms with Crippen LogP contribution in [0, 0.1) is 17.3 Å². The molecule has 1 saturated carbocycles. The number of carbonyl (C=O) groups excluding carboxylic acids is 2. The van der Waals surface area contributed by atoms with Crippen LogP contribution in [-0.4, -0.2) is 53.7 Å². The summed E-state index contributed by atoms with van der Waals surface area (Å²) >= 11 is 0. The molecule has 2 fully saturated rings. The molecule has 2 amide bonds. The maximum absolute atomic E-state index is 12.8. The van der Waals surface area contributed by atoms with Crippen LogP contribution in [0.25, 0.3) is 11.1 Å². The van der Waals surface area contributed by atoms with Crippen molar-refractivity contribution < 1.29 is 24.2 Å². The Hall–Kier alpha value is -3.35. The lowest BCUT2D eigenvalue weighted by Gasteiger charge is -2.36. The fourth-order valence-electron chi connectivity index (χ4n) is 5.72. The van der Waals surface area contributed by atoms with Gasteiger partial charge in [0.1, 0.15) is 6.61 Å². The Balaban J connectivity index is 1.12. The maximum Gasteiger partial charge on any atom is 0.407 e. The summed E-state index contributed by atoms with van der Waals surface area (Å²) < 4.78 is 5.60. The van der Waals surface area contributed by atoms with Crippen LogP contribution in [0.3, 0.4) is 0 Å². The number of rotatable bonds is 5. The van der Waals surface area contributed by atoms with E-state index in [1.807, 2.05) is 38.1 Å². The van der Waals surface area contributed by atoms with Crippen molar-refractivity contribution in [2.45, 2.75) is 38.6 Å². The predicted molar refractivity (Wildman–Crippen MR) is 126 cm³/mol. The highest BCUT2D eigenvalue weighted by atomic mass is 16.5. The third-order valence-corrected chi connectivity index (χ3v) is 7.71. The molecule has 0 spiro atoms. The lowest BCUT2D eigenvalue weighted by atomic mass is 9.79. The molecule has 1 aliphatic heterocycles. The van der Waals surface area contributed by atoms with E-state index < -0.39 is 23.4 Å². The zero-order valence-corrected chi connectivity index (χ0v) is 19.5. The van der Waals surface area contributed by atoms with Gasteiger partial charge in [-0.3, -0.25) is 9.59 Å². The SMILES string of the molecule is CC1(C)CN(C(=O)C2CC(NC(=O)OCC3c4ccccc4-c4ccccc43)C2)CC1C(=O)O. The number of nitrogens with zero attached hydrogens (tertiary/aromatic N) is 1. The van der Waals surface area contributed by atoms with Gasteiger partial charge in [-0.05, 0) is 40.5 Å². The highest BCUT2D eigenvalue weighted by molar-refractivity contribution is 5.83. The Morgan fingerprint density at radius 3 is 2.18 bits per heavy atom. The van der Waals surface area contributed by atoms with Crippen LogP contribution in [0.15, 0.2) is 48.5 Å². The van der Waals surface area contributed by atoms with Gasteiger partial charge in [0.05, 0.1) is 5.92 Å². The Kier molecular flexibility index (Phi) is 5.58. The third kappa shape index (κ3) is 3.93. The number of hydrogen-bond acceptors (Lipinski definition) is 4. The van der Waals surface area contributed by atoms with Crippen LogP contribution < -0.4 is 5.32 Å². The van der Waals surface area contributed by atoms with E-state index in [1.165, 1.54) is 22.3 Å². The first-order chi connectivity index (χ1) is 16.2. The van der Waals surface area contributed by atoms with Crippen molar-refractivity contribution in [2.75, 3.05) is 19.7 Å². The molecule has 7 heteroatoms. The molecule has 2 N–H and O–H groups in total. The summed E-state index contributed by atoms with van der Waals surface area (Å²) in [6.45, 7) is 4.74. The van der Waals surface area contributed by atoms with Crippen LogP contribution in [-0.2, 0) is 14.3 Å². The van der Waals surface area contributed by atoms with Crippen LogP contribution in [0.1, 0.15) is 43.7 Å². The van der Waals surface area contributed by atoms with Gasteiger partial charge in [0, 0.05) is 31.0 Å². The van der Waals surface area contributed by atoms with Gasteiger partial charge in [-0.1, -0.05) is 62.4 Å². The first-order valence-corrected chi connectivity index (χ1v) is 11.9. The minimum absolute atomic E-state index is 0.00886. The van der Waals surface area contributed by atoms with Crippen molar-refractivity contribution in [2.24, 2.45) is 17.3 Å². The van der Waals surface area contributed by atoms with E-state index in [1.54, 1.807) is 4.90 Å². The number of carbonyl (C=O) groups is 3. The minimum Gasteiger partial charge on any atom is -0.481 e. The van der Waals surface area contributed by atoms with Gasteiger partial charge in [-0.25, -0.2) is 4.79 Å². The van der Waals surface area contributed by atoms with Gasteiger partial charge in [0.25, 0.3) is 0 Å². The van der Waals surface area contributed by atoms with Crippen molar-refractivity contribution in [3.8, 4) is 11.1 Å². The van der Waals surface area contributed by atoms with E-state index in [4.69, 9.17) is 4.74 Å². The normalized spacial score (nSPS) is 24.6. The third-order valence-electron chi connectivity index (χ3n) is 7.71. The molecule has 34 heavy (non-hydrogen) atoms. The molecule has 1 atom stereocenters. The zero-order chi connectivity index (χ0) is 24.0. The van der Waals surface area contributed by atoms with E-state index in [9.17, 15) is 19.5 Å². The van der Waals surface area contributed by atoms with Crippen molar-refractivity contribution in [3.63, 3.8) is 0 Å². The molecule has 0 bridgehead atoms. The summed E-state index contributed by atoms with van der Waals surface area (Å²) in [5.41, 5.74) is 4.26. The highest BCUT2D eigenvalue weighted by Crippen LogP contribution is 2.44. The number of fused-ring (bicyclic) bond motifs is 3. The monoisotopic (exact) mass is 462 g/mol. The van der Waals surface area contributed by atoms with Gasteiger partial charge >= 0.3 is 12.1 Å². The van der Waals surface area contributed by atoms with E-state index in [0.29, 0.717) is 19.4 Å². The minimum atomic E-state index is -0.858. The number of likely N-dealkylation sites (tertiary alicyclic amines) is 1. The summed E-state index contributed by atoms with van der Waals surface area (Å²) in [6, 6.07) is 16.3. The van der Waals surface area contributed by atoms with Gasteiger partial charge in [-0.2, -0.15) is 0 Å². The van der Waals surface area contributed by atoms with E-state index >= 15 is 0 Å². The van der Waals surface area contributed by atoms with Gasteiger partial charge in [0.2, 0.25) is 5.91 Å². The maximum atomic E-state index is 12.8. The zero-order valence-electron chi connectivity index (χ0n) is 19.5. The highest BCUT2D eigenvalue weighted by Gasteiger charge is 2.48. The molecule has 1 saturated heterocycles. The van der Waals surface area contributed by atoms with E-state index in [0.717, 1.165) is 0 Å². The Bertz CT molecular complexity index is 1090. The second-order valence-electron chi connectivity index (χ2n) is 10.4. The van der Waals surface area contributed by atoms with Gasteiger partial charge < -0.3 is 20.1 Å². The van der Waals surface area contributed by atoms with Crippen molar-refractivity contribution in [3.05, 3.63) is 59.7 Å². The summed E-state index contributed by atoms with van der Waals surface area (Å²) in [5.74, 6) is -1.59. The average molecular weight is 463 g/mol. The van der Waals surface area contributed by atoms with Crippen molar-refractivity contribution in [1.82, 2.24) is 10.2 Å². The van der Waals surface area contributed by atoms with Crippen LogP contribution in [0.2, 0.25) is 0 Å².